The molecule has 2 saturated heterocycles. The molecule has 6 aromatic carbocycles. The number of aliphatic hydroxyl groups excluding tert-OH is 2. The lowest BCUT2D eigenvalue weighted by Crippen LogP contribution is -2.41. The first-order valence-electron chi connectivity index (χ1n) is 36.4. The number of halogens is 2. The average molecular weight is 1570 g/mol. The summed E-state index contributed by atoms with van der Waals surface area (Å²) in [4.78, 5) is 28.4. The van der Waals surface area contributed by atoms with Gasteiger partial charge in [-0.05, 0) is 164 Å². The highest BCUT2D eigenvalue weighted by Gasteiger charge is 2.50. The fraction of sp³-hybridized carbons (Fsp3) is 0.464. The first-order chi connectivity index (χ1) is 50.8. The van der Waals surface area contributed by atoms with E-state index >= 15 is 0 Å². The van der Waals surface area contributed by atoms with Gasteiger partial charge in [-0.2, -0.15) is 5.48 Å². The lowest BCUT2D eigenvalue weighted by molar-refractivity contribution is 0.0250. The molecule has 6 aromatic rings. The summed E-state index contributed by atoms with van der Waals surface area (Å²) in [5, 5.41) is 32.5. The molecular formula is C84H116Br2N2O16. The van der Waals surface area contributed by atoms with Gasteiger partial charge in [0.05, 0.1) is 109 Å². The molecule has 104 heavy (non-hydrogen) atoms. The third-order valence-corrected chi connectivity index (χ3v) is 16.9. The Morgan fingerprint density at radius 3 is 1.20 bits per heavy atom. The minimum Gasteiger partial charge on any atom is -0.494 e. The maximum Gasteiger partial charge on any atom is 0.188 e. The van der Waals surface area contributed by atoms with Gasteiger partial charge >= 0.3 is 0 Å². The lowest BCUT2D eigenvalue weighted by Gasteiger charge is -2.26. The molecule has 0 amide bonds. The van der Waals surface area contributed by atoms with Crippen molar-refractivity contribution >= 4 is 49.1 Å². The molecule has 0 aliphatic carbocycles. The number of benzene rings is 6. The number of ketones is 2. The van der Waals surface area contributed by atoms with Crippen LogP contribution in [0.5, 0.6) is 34.5 Å². The standard InChI is InChI=1S/2C15H21NO3.C15H22O3.C15H20O3.C12H17BrO2.C12H15BrO2/c1-2-3-8-18-14-6-4-12(5-7-14)15-11-17-9-13(15)10-19-16-15;1-3-5-11-19-14-8-6-13(7-9-14)15(16-17)12-18-10-4-2;2*1-3-5-11-18-14-8-6-13(7-9-14)15(16)12-17-10-4-2;2*1-2-3-8-15-11-6-4-10(5-7-11)12(14)9-13/h4-7,13,16H,2-3,8-11H2,1H3;4,6-9,17H,2-3,5,10-12H2,1H3;4,6-9,15-16H,2-3,5,10-12H2,1H3;4,6-9H,2-3,5,10-12H2,1H3;4-7,12,14H,2-3,8-9H2,1H3;4-7H,2-3,8-9H2,1H3/b;16-15+;;;;/t13?,15-;;;;;/m1...../s1. The number of fused-ring (bicyclic) bond motifs is 1. The molecule has 572 valence electrons. The maximum atomic E-state index is 11.7. The smallest absolute Gasteiger partial charge is 0.188 e. The zero-order valence-electron chi connectivity index (χ0n) is 62.3. The van der Waals surface area contributed by atoms with Gasteiger partial charge in [0.25, 0.3) is 0 Å². The zero-order chi connectivity index (χ0) is 75.7. The molecule has 2 fully saturated rings. The second-order valence-corrected chi connectivity index (χ2v) is 25.4. The predicted molar refractivity (Wildman–Crippen MR) is 424 cm³/mol. The van der Waals surface area contributed by atoms with E-state index in [0.717, 1.165) is 180 Å². The SMILES string of the molecule is C=CCOC/C(=N\O)c1ccc(OCCCC)cc1.C=CCOCC(=O)c1ccc(OCCCC)cc1.C=CCOCC(O)c1ccc(OCCCC)cc1.CCCCOc1ccc(C(=O)CBr)cc1.CCCCOc1ccc(C(O)CBr)cc1.CCCCOc1ccc([C@]23COCC2CON3)cc1. The first-order valence-corrected chi connectivity index (χ1v) is 38.7. The Balaban J connectivity index is 0.000000325. The number of ether oxygens (including phenoxy) is 10. The Bertz CT molecular complexity index is 3200. The number of carbonyl (C=O) groups is 2. The number of unbranched alkanes of at least 4 members (excludes halogenated alkanes) is 6. The third-order valence-electron chi connectivity index (χ3n) is 15.8. The molecule has 3 unspecified atom stereocenters. The van der Waals surface area contributed by atoms with Gasteiger partial charge in [-0.3, -0.25) is 9.59 Å². The summed E-state index contributed by atoms with van der Waals surface area (Å²) in [7, 11) is 0. The van der Waals surface area contributed by atoms with Crippen LogP contribution in [0.3, 0.4) is 0 Å². The summed E-state index contributed by atoms with van der Waals surface area (Å²) in [6, 6.07) is 45.2. The van der Waals surface area contributed by atoms with Crippen molar-refractivity contribution in [2.75, 3.05) is 110 Å². The number of carbonyl (C=O) groups excluding carboxylic acids is 2. The van der Waals surface area contributed by atoms with Crippen molar-refractivity contribution in [1.82, 2.24) is 5.48 Å². The second-order valence-electron chi connectivity index (χ2n) is 24.2. The van der Waals surface area contributed by atoms with E-state index < -0.39 is 12.2 Å². The fourth-order valence-corrected chi connectivity index (χ4v) is 10.2. The van der Waals surface area contributed by atoms with Crippen LogP contribution in [-0.4, -0.2) is 142 Å². The van der Waals surface area contributed by atoms with E-state index in [-0.39, 0.29) is 36.9 Å². The van der Waals surface area contributed by atoms with Crippen LogP contribution in [0, 0.1) is 5.92 Å². The average Bonchev–Trinajstić information content (AvgIpc) is 1.61. The number of nitrogens with zero attached hydrogens (tertiary/aromatic N) is 1. The van der Waals surface area contributed by atoms with Crippen LogP contribution >= 0.6 is 31.9 Å². The molecule has 4 atom stereocenters. The fourth-order valence-electron chi connectivity index (χ4n) is 9.47. The maximum absolute atomic E-state index is 11.7. The van der Waals surface area contributed by atoms with Crippen molar-refractivity contribution in [1.29, 1.82) is 0 Å². The molecule has 2 aliphatic heterocycles. The van der Waals surface area contributed by atoms with Gasteiger partial charge in [0.2, 0.25) is 0 Å². The van der Waals surface area contributed by atoms with E-state index in [1.54, 1.807) is 42.5 Å². The van der Waals surface area contributed by atoms with Crippen LogP contribution in [0.1, 0.15) is 174 Å². The van der Waals surface area contributed by atoms with Gasteiger partial charge in [0, 0.05) is 27.9 Å². The Kier molecular flexibility index (Phi) is 50.8. The van der Waals surface area contributed by atoms with Crippen molar-refractivity contribution in [3.8, 4) is 34.5 Å². The molecule has 0 bridgehead atoms. The van der Waals surface area contributed by atoms with E-state index in [9.17, 15) is 19.8 Å². The van der Waals surface area contributed by atoms with Crippen molar-refractivity contribution in [3.05, 3.63) is 217 Å². The van der Waals surface area contributed by atoms with Gasteiger partial charge in [0.15, 0.2) is 11.6 Å². The highest BCUT2D eigenvalue weighted by Crippen LogP contribution is 2.40. The van der Waals surface area contributed by atoms with Crippen LogP contribution < -0.4 is 33.9 Å². The molecule has 0 saturated carbocycles. The van der Waals surface area contributed by atoms with Gasteiger partial charge in [-0.15, -0.1) is 19.7 Å². The van der Waals surface area contributed by atoms with Gasteiger partial charge in [0.1, 0.15) is 52.9 Å². The molecule has 2 aliphatic rings. The topological polar surface area (TPSA) is 221 Å². The summed E-state index contributed by atoms with van der Waals surface area (Å²) < 4.78 is 54.5. The zero-order valence-corrected chi connectivity index (χ0v) is 65.5. The van der Waals surface area contributed by atoms with Crippen LogP contribution in [0.25, 0.3) is 0 Å². The van der Waals surface area contributed by atoms with Crippen LogP contribution in [-0.2, 0) is 29.3 Å². The molecule has 18 nitrogen and oxygen atoms in total. The monoisotopic (exact) mass is 1570 g/mol. The summed E-state index contributed by atoms with van der Waals surface area (Å²) in [5.74, 6) is 5.55. The van der Waals surface area contributed by atoms with E-state index in [2.05, 4.69) is 116 Å². The number of Topliss-reactive ketones (excluding diaryl/α,β-unsaturated/α-hetero) is 2. The molecule has 0 radical (unpaired) electrons. The number of hydrogen-bond acceptors (Lipinski definition) is 18. The van der Waals surface area contributed by atoms with Crippen molar-refractivity contribution in [3.63, 3.8) is 0 Å². The van der Waals surface area contributed by atoms with E-state index in [4.69, 9.17) is 57.4 Å². The predicted octanol–water partition coefficient (Wildman–Crippen LogP) is 18.6. The highest BCUT2D eigenvalue weighted by atomic mass is 79.9. The van der Waals surface area contributed by atoms with Crippen LogP contribution in [0.2, 0.25) is 0 Å². The minimum absolute atomic E-state index is 0.0306. The largest absolute Gasteiger partial charge is 0.494 e. The Hall–Kier alpha value is -7.21. The van der Waals surface area contributed by atoms with Crippen molar-refractivity contribution in [2.45, 2.75) is 136 Å². The number of hydroxylamine groups is 1. The number of hydrogen-bond donors (Lipinski definition) is 4. The Labute approximate surface area is 636 Å². The minimum atomic E-state index is -0.602. The van der Waals surface area contributed by atoms with Gasteiger partial charge in [-0.1, -0.05) is 172 Å². The number of rotatable bonds is 44. The molecule has 20 heteroatoms. The van der Waals surface area contributed by atoms with Crippen molar-refractivity contribution in [2.24, 2.45) is 11.1 Å². The molecule has 8 rings (SSSR count). The Morgan fingerprint density at radius 1 is 0.490 bits per heavy atom. The van der Waals surface area contributed by atoms with E-state index in [0.29, 0.717) is 60.9 Å². The summed E-state index contributed by atoms with van der Waals surface area (Å²) in [5.41, 5.74) is 8.61. The van der Waals surface area contributed by atoms with E-state index in [1.165, 1.54) is 5.56 Å². The Morgan fingerprint density at radius 2 is 0.837 bits per heavy atom. The number of alkyl halides is 2. The normalized spacial score (nSPS) is 14.5. The first kappa shape index (κ1) is 91.0. The number of aliphatic hydroxyl groups is 2. The quantitative estimate of drug-likeness (QED) is 0.00531. The van der Waals surface area contributed by atoms with Crippen LogP contribution in [0.15, 0.2) is 189 Å². The number of oxime groups is 1. The van der Waals surface area contributed by atoms with E-state index in [1.807, 2.05) is 109 Å². The summed E-state index contributed by atoms with van der Waals surface area (Å²) in [6.07, 6.45) is 17.0. The highest BCUT2D eigenvalue weighted by molar-refractivity contribution is 9.09. The lowest BCUT2D eigenvalue weighted by atomic mass is 9.82. The molecule has 4 N–H and O–H groups in total. The summed E-state index contributed by atoms with van der Waals surface area (Å²) >= 11 is 6.38. The molecule has 0 spiro atoms. The van der Waals surface area contributed by atoms with Crippen molar-refractivity contribution < 1.29 is 77.2 Å². The molecule has 0 aromatic heterocycles. The molecular weight excluding hydrogens is 1450 g/mol. The van der Waals surface area contributed by atoms with Gasteiger partial charge in [-0.25, -0.2) is 0 Å². The van der Waals surface area contributed by atoms with Crippen LogP contribution in [0.4, 0.5) is 0 Å². The molecule has 2 heterocycles. The third kappa shape index (κ3) is 37.2. The second kappa shape index (κ2) is 58.0. The van der Waals surface area contributed by atoms with Gasteiger partial charge < -0.3 is 67.6 Å². The number of nitrogens with one attached hydrogen (secondary N) is 1. The summed E-state index contributed by atoms with van der Waals surface area (Å²) in [6.45, 7) is 31.9.